The first-order valence-corrected chi connectivity index (χ1v) is 17.1. The number of alkyl halides is 3. The highest BCUT2D eigenvalue weighted by Crippen LogP contribution is 2.37. The minimum Gasteiger partial charge on any atom is -0.368 e. The molecule has 3 heterocycles. The van der Waals surface area contributed by atoms with Gasteiger partial charge in [-0.05, 0) is 61.7 Å². The number of likely N-dealkylation sites (N-methyl/N-ethyl adjacent to an activating group) is 1. The molecular formula is C38H44F3N7O4. The number of halogens is 3. The van der Waals surface area contributed by atoms with Gasteiger partial charge in [-0.1, -0.05) is 30.3 Å². The fourth-order valence-electron chi connectivity index (χ4n) is 6.68. The van der Waals surface area contributed by atoms with Crippen LogP contribution < -0.4 is 20.0 Å². The molecule has 0 saturated carbocycles. The van der Waals surface area contributed by atoms with E-state index in [-0.39, 0.29) is 36.2 Å². The van der Waals surface area contributed by atoms with Crippen molar-refractivity contribution in [2.24, 2.45) is 0 Å². The molecule has 0 radical (unpaired) electrons. The van der Waals surface area contributed by atoms with Crippen LogP contribution in [0.25, 0.3) is 0 Å². The minimum atomic E-state index is -4.63. The van der Waals surface area contributed by atoms with Gasteiger partial charge in [0.25, 0.3) is 0 Å². The topological polar surface area (TPSA) is 109 Å². The predicted octanol–water partition coefficient (Wildman–Crippen LogP) is 5.17. The Kier molecular flexibility index (Phi) is 11.7. The van der Waals surface area contributed by atoms with Crippen LogP contribution >= 0.6 is 0 Å². The number of carbonyl (C=O) groups excluding carboxylic acids is 4. The van der Waals surface area contributed by atoms with Crippen molar-refractivity contribution in [1.82, 2.24) is 14.8 Å². The first-order chi connectivity index (χ1) is 24.6. The number of anilines is 4. The number of aryl methyl sites for hydroxylation is 2. The van der Waals surface area contributed by atoms with Crippen molar-refractivity contribution in [3.05, 3.63) is 89.1 Å². The lowest BCUT2D eigenvalue weighted by atomic mass is 10.1. The third-order valence-corrected chi connectivity index (χ3v) is 9.39. The molecule has 1 aromatic heterocycles. The molecule has 3 aromatic rings. The molecule has 2 aliphatic rings. The number of amides is 4. The molecule has 0 unspecified atom stereocenters. The third kappa shape index (κ3) is 8.97. The molecule has 11 nitrogen and oxygen atoms in total. The van der Waals surface area contributed by atoms with E-state index < -0.39 is 29.6 Å². The van der Waals surface area contributed by atoms with Crippen LogP contribution in [0.2, 0.25) is 0 Å². The average molecular weight is 720 g/mol. The van der Waals surface area contributed by atoms with Gasteiger partial charge in [0.2, 0.25) is 23.6 Å². The van der Waals surface area contributed by atoms with Crippen molar-refractivity contribution < 1.29 is 32.3 Å². The number of carbonyl (C=O) groups is 4. The van der Waals surface area contributed by atoms with Gasteiger partial charge in [0.15, 0.2) is 0 Å². The molecule has 2 fully saturated rings. The van der Waals surface area contributed by atoms with Gasteiger partial charge < -0.3 is 20.0 Å². The van der Waals surface area contributed by atoms with Crippen LogP contribution in [0, 0.1) is 13.8 Å². The van der Waals surface area contributed by atoms with Crippen molar-refractivity contribution >= 4 is 46.5 Å². The summed E-state index contributed by atoms with van der Waals surface area (Å²) in [6.45, 7) is 8.89. The maximum Gasteiger partial charge on any atom is 0.416 e. The van der Waals surface area contributed by atoms with Gasteiger partial charge in [-0.3, -0.25) is 29.0 Å². The lowest BCUT2D eigenvalue weighted by Crippen LogP contribution is -2.47. The number of pyridine rings is 1. The van der Waals surface area contributed by atoms with Gasteiger partial charge in [0, 0.05) is 84.2 Å². The van der Waals surface area contributed by atoms with Gasteiger partial charge in [-0.15, -0.1) is 0 Å². The van der Waals surface area contributed by atoms with E-state index in [2.05, 4.69) is 15.2 Å². The van der Waals surface area contributed by atoms with Crippen LogP contribution in [-0.2, 0) is 31.9 Å². The summed E-state index contributed by atoms with van der Waals surface area (Å²) in [5.41, 5.74) is 2.99. The number of para-hydroxylation sites is 1. The number of benzene rings is 2. The molecule has 0 spiro atoms. The summed E-state index contributed by atoms with van der Waals surface area (Å²) in [4.78, 5) is 63.8. The largest absolute Gasteiger partial charge is 0.416 e. The van der Waals surface area contributed by atoms with Crippen molar-refractivity contribution in [2.45, 2.75) is 52.4 Å². The highest BCUT2D eigenvalue weighted by Gasteiger charge is 2.41. The Morgan fingerprint density at radius 1 is 1.00 bits per heavy atom. The van der Waals surface area contributed by atoms with Crippen molar-refractivity contribution in [2.75, 3.05) is 66.8 Å². The molecule has 1 N–H and O–H groups in total. The summed E-state index contributed by atoms with van der Waals surface area (Å²) in [7, 11) is 3.49. The maximum atomic E-state index is 14.0. The second kappa shape index (κ2) is 16.0. The molecule has 4 amide bonds. The number of nitrogens with one attached hydrogen (secondary N) is 1. The van der Waals surface area contributed by atoms with E-state index in [1.807, 2.05) is 66.2 Å². The SMILES string of the molecule is CC(=O)N1CCN(C/C=C/C(=O)Nc2ccc(CN(C)c3c(C)cccc3N(C)C(=O)[C@@H]3CCC(=O)N3c3cc(C(F)(F)F)cc(C)n3)cc2)CC1. The fraction of sp³-hybridized carbons (Fsp3) is 0.395. The number of hydrogen-bond donors (Lipinski definition) is 1. The van der Waals surface area contributed by atoms with E-state index >= 15 is 0 Å². The molecule has 276 valence electrons. The van der Waals surface area contributed by atoms with Gasteiger partial charge >= 0.3 is 6.18 Å². The summed E-state index contributed by atoms with van der Waals surface area (Å²) in [5, 5.41) is 2.88. The van der Waals surface area contributed by atoms with Crippen molar-refractivity contribution in [3.63, 3.8) is 0 Å². The quantitative estimate of drug-likeness (QED) is 0.288. The van der Waals surface area contributed by atoms with Crippen LogP contribution in [0.3, 0.4) is 0 Å². The van der Waals surface area contributed by atoms with Crippen LogP contribution in [0.4, 0.5) is 36.1 Å². The average Bonchev–Trinajstić information content (AvgIpc) is 3.49. The number of rotatable bonds is 10. The zero-order chi connectivity index (χ0) is 37.7. The summed E-state index contributed by atoms with van der Waals surface area (Å²) < 4.78 is 40.8. The van der Waals surface area contributed by atoms with Crippen LogP contribution in [0.5, 0.6) is 0 Å². The van der Waals surface area contributed by atoms with Crippen molar-refractivity contribution in [1.29, 1.82) is 0 Å². The van der Waals surface area contributed by atoms with E-state index in [9.17, 15) is 32.3 Å². The smallest absolute Gasteiger partial charge is 0.368 e. The van der Waals surface area contributed by atoms with E-state index in [1.54, 1.807) is 20.0 Å². The lowest BCUT2D eigenvalue weighted by molar-refractivity contribution is -0.137. The Bertz CT molecular complexity index is 1840. The molecule has 5 rings (SSSR count). The van der Waals surface area contributed by atoms with Crippen LogP contribution in [0.1, 0.15) is 42.1 Å². The maximum absolute atomic E-state index is 14.0. The predicted molar refractivity (Wildman–Crippen MR) is 194 cm³/mol. The standard InChI is InChI=1S/C38H44F3N7O4/c1-25-8-6-9-31(45(5)37(52)32-15-16-35(51)48(32)33-23-29(38(39,40)41)22-26(2)42-33)36(25)44(4)24-28-11-13-30(14-12-28)43-34(50)10-7-17-46-18-20-47(21-19-46)27(3)49/h6-14,22-23,32H,15-21,24H2,1-5H3,(H,43,50)/b10-7+/t32-/m0/s1. The molecular weight excluding hydrogens is 675 g/mol. The normalized spacial score (nSPS) is 16.8. The number of nitrogens with zero attached hydrogens (tertiary/aromatic N) is 6. The Morgan fingerprint density at radius 3 is 2.35 bits per heavy atom. The molecule has 14 heteroatoms. The minimum absolute atomic E-state index is 0.00921. The van der Waals surface area contributed by atoms with E-state index in [1.165, 1.54) is 17.9 Å². The van der Waals surface area contributed by atoms with Gasteiger partial charge in [-0.25, -0.2) is 4.98 Å². The van der Waals surface area contributed by atoms with Gasteiger partial charge in [0.1, 0.15) is 11.9 Å². The second-order valence-electron chi connectivity index (χ2n) is 13.3. The van der Waals surface area contributed by atoms with Crippen molar-refractivity contribution in [3.8, 4) is 0 Å². The third-order valence-electron chi connectivity index (χ3n) is 9.39. The van der Waals surface area contributed by atoms with E-state index in [0.717, 1.165) is 46.9 Å². The fourth-order valence-corrected chi connectivity index (χ4v) is 6.68. The molecule has 52 heavy (non-hydrogen) atoms. The van der Waals surface area contributed by atoms with E-state index in [4.69, 9.17) is 0 Å². The highest BCUT2D eigenvalue weighted by molar-refractivity contribution is 6.09. The zero-order valence-corrected chi connectivity index (χ0v) is 30.0. The summed E-state index contributed by atoms with van der Waals surface area (Å²) in [5.74, 6) is -1.26. The van der Waals surface area contributed by atoms with Crippen LogP contribution in [-0.4, -0.2) is 91.3 Å². The molecule has 2 aliphatic heterocycles. The molecule has 2 saturated heterocycles. The Balaban J connectivity index is 1.23. The van der Waals surface area contributed by atoms with Gasteiger partial charge in [0.05, 0.1) is 16.9 Å². The summed E-state index contributed by atoms with van der Waals surface area (Å²) >= 11 is 0. The first-order valence-electron chi connectivity index (χ1n) is 17.1. The molecule has 1 atom stereocenters. The Morgan fingerprint density at radius 2 is 1.69 bits per heavy atom. The monoisotopic (exact) mass is 719 g/mol. The lowest BCUT2D eigenvalue weighted by Gasteiger charge is -2.33. The van der Waals surface area contributed by atoms with Gasteiger partial charge in [-0.2, -0.15) is 13.2 Å². The zero-order valence-electron chi connectivity index (χ0n) is 30.0. The first kappa shape index (κ1) is 38.0. The molecule has 0 bridgehead atoms. The second-order valence-corrected chi connectivity index (χ2v) is 13.3. The summed E-state index contributed by atoms with van der Waals surface area (Å²) in [6, 6.07) is 13.7. The number of hydrogen-bond acceptors (Lipinski definition) is 7. The number of piperazine rings is 1. The molecule has 0 aliphatic carbocycles. The van der Waals surface area contributed by atoms with Crippen LogP contribution in [0.15, 0.2) is 66.7 Å². The van der Waals surface area contributed by atoms with E-state index in [0.29, 0.717) is 37.6 Å². The highest BCUT2D eigenvalue weighted by atomic mass is 19.4. The molecule has 2 aromatic carbocycles. The Hall–Kier alpha value is -5.24. The number of aromatic nitrogens is 1. The summed E-state index contributed by atoms with van der Waals surface area (Å²) in [6.07, 6.45) is -1.16. The Labute approximate surface area is 301 Å².